The summed E-state index contributed by atoms with van der Waals surface area (Å²) >= 11 is 9.31. The molecule has 1 aliphatic heterocycles. The van der Waals surface area contributed by atoms with Gasteiger partial charge in [0.2, 0.25) is 10.0 Å². The maximum Gasteiger partial charge on any atom is 0.310 e. The van der Waals surface area contributed by atoms with Crippen molar-refractivity contribution in [3.05, 3.63) is 27.7 Å². The first-order valence-electron chi connectivity index (χ1n) is 6.98. The normalized spacial score (nSPS) is 19.9. The lowest BCUT2D eigenvalue weighted by Crippen LogP contribution is -2.42. The van der Waals surface area contributed by atoms with Gasteiger partial charge < -0.3 is 4.74 Å². The SMILES string of the molecule is CCOC(=O)C1CCCN(S(=O)(=O)c2ccc(Br)cc2Cl)C1. The highest BCUT2D eigenvalue weighted by atomic mass is 79.9. The predicted octanol–water partition coefficient (Wildman–Crippen LogP) is 3.07. The number of esters is 1. The van der Waals surface area contributed by atoms with E-state index in [0.717, 1.165) is 0 Å². The number of rotatable bonds is 4. The summed E-state index contributed by atoms with van der Waals surface area (Å²) < 4.78 is 32.5. The quantitative estimate of drug-likeness (QED) is 0.716. The standard InChI is InChI=1S/C14H17BrClNO4S/c1-2-21-14(18)10-4-3-7-17(9-10)22(19,20)13-6-5-11(15)8-12(13)16/h5-6,8,10H,2-4,7,9H2,1H3. The molecule has 8 heteroatoms. The van der Waals surface area contributed by atoms with E-state index in [4.69, 9.17) is 16.3 Å². The second kappa shape index (κ2) is 7.29. The molecule has 1 atom stereocenters. The maximum atomic E-state index is 12.7. The number of carbonyl (C=O) groups excluding carboxylic acids is 1. The number of hydrogen-bond acceptors (Lipinski definition) is 4. The molecule has 5 nitrogen and oxygen atoms in total. The lowest BCUT2D eigenvalue weighted by atomic mass is 10.0. The first kappa shape index (κ1) is 17.7. The molecule has 1 heterocycles. The summed E-state index contributed by atoms with van der Waals surface area (Å²) in [6, 6.07) is 4.64. The molecule has 1 aromatic rings. The summed E-state index contributed by atoms with van der Waals surface area (Å²) in [5.74, 6) is -0.762. The average molecular weight is 411 g/mol. The molecule has 0 aromatic heterocycles. The Balaban J connectivity index is 2.23. The number of carbonyl (C=O) groups is 1. The van der Waals surface area contributed by atoms with Gasteiger partial charge in [-0.15, -0.1) is 0 Å². The van der Waals surface area contributed by atoms with Crippen LogP contribution in [0.25, 0.3) is 0 Å². The third kappa shape index (κ3) is 3.82. The number of halogens is 2. The zero-order chi connectivity index (χ0) is 16.3. The van der Waals surface area contributed by atoms with Crippen LogP contribution in [0.5, 0.6) is 0 Å². The summed E-state index contributed by atoms with van der Waals surface area (Å²) in [5.41, 5.74) is 0. The molecule has 1 unspecified atom stereocenters. The average Bonchev–Trinajstić information content (AvgIpc) is 2.47. The molecule has 1 saturated heterocycles. The Bertz CT molecular complexity index is 665. The van der Waals surface area contributed by atoms with E-state index in [9.17, 15) is 13.2 Å². The molecule has 1 aliphatic rings. The second-order valence-corrected chi connectivity index (χ2v) is 8.26. The number of benzene rings is 1. The van der Waals surface area contributed by atoms with E-state index in [2.05, 4.69) is 15.9 Å². The van der Waals surface area contributed by atoms with Gasteiger partial charge in [0, 0.05) is 17.6 Å². The molecule has 22 heavy (non-hydrogen) atoms. The van der Waals surface area contributed by atoms with E-state index in [1.165, 1.54) is 10.4 Å². The Hall–Kier alpha value is -0.630. The lowest BCUT2D eigenvalue weighted by molar-refractivity contribution is -0.149. The van der Waals surface area contributed by atoms with E-state index in [-0.39, 0.29) is 22.4 Å². The molecule has 1 fully saturated rings. The minimum atomic E-state index is -3.72. The highest BCUT2D eigenvalue weighted by Crippen LogP contribution is 2.30. The molecule has 0 saturated carbocycles. The first-order chi connectivity index (χ1) is 10.4. The smallest absolute Gasteiger partial charge is 0.310 e. The van der Waals surface area contributed by atoms with Crippen LogP contribution in [0.2, 0.25) is 5.02 Å². The van der Waals surface area contributed by atoms with Crippen LogP contribution in [0.3, 0.4) is 0 Å². The molecule has 2 rings (SSSR count). The third-order valence-electron chi connectivity index (χ3n) is 3.52. The minimum absolute atomic E-state index is 0.0573. The number of nitrogens with zero attached hydrogens (tertiary/aromatic N) is 1. The van der Waals surface area contributed by atoms with Crippen LogP contribution >= 0.6 is 27.5 Å². The van der Waals surface area contributed by atoms with Crippen LogP contribution < -0.4 is 0 Å². The topological polar surface area (TPSA) is 63.7 Å². The Labute approximate surface area is 143 Å². The van der Waals surface area contributed by atoms with Crippen LogP contribution in [0.1, 0.15) is 19.8 Å². The van der Waals surface area contributed by atoms with Gasteiger partial charge in [-0.3, -0.25) is 4.79 Å². The van der Waals surface area contributed by atoms with E-state index >= 15 is 0 Å². The molecule has 0 amide bonds. The molecule has 1 aromatic carbocycles. The summed E-state index contributed by atoms with van der Waals surface area (Å²) in [5, 5.41) is 0.160. The van der Waals surface area contributed by atoms with Gasteiger partial charge in [-0.25, -0.2) is 8.42 Å². The fourth-order valence-corrected chi connectivity index (χ4v) is 4.97. The summed E-state index contributed by atoms with van der Waals surface area (Å²) in [6.45, 7) is 2.54. The monoisotopic (exact) mass is 409 g/mol. The zero-order valence-corrected chi connectivity index (χ0v) is 15.2. The van der Waals surface area contributed by atoms with E-state index in [1.807, 2.05) is 0 Å². The van der Waals surface area contributed by atoms with Gasteiger partial charge in [-0.2, -0.15) is 4.31 Å². The van der Waals surface area contributed by atoms with Gasteiger partial charge in [0.1, 0.15) is 4.90 Å². The maximum absolute atomic E-state index is 12.7. The van der Waals surface area contributed by atoms with Crippen molar-refractivity contribution >= 4 is 43.5 Å². The number of hydrogen-bond donors (Lipinski definition) is 0. The van der Waals surface area contributed by atoms with Gasteiger partial charge >= 0.3 is 5.97 Å². The van der Waals surface area contributed by atoms with Crippen molar-refractivity contribution in [2.75, 3.05) is 19.7 Å². The van der Waals surface area contributed by atoms with Crippen LogP contribution in [0, 0.1) is 5.92 Å². The molecular formula is C14H17BrClNO4S. The Morgan fingerprint density at radius 1 is 1.50 bits per heavy atom. The van der Waals surface area contributed by atoms with Gasteiger partial charge in [0.25, 0.3) is 0 Å². The summed E-state index contributed by atoms with van der Waals surface area (Å²) in [7, 11) is -3.72. The molecule has 0 radical (unpaired) electrons. The Morgan fingerprint density at radius 2 is 2.23 bits per heavy atom. The van der Waals surface area contributed by atoms with Crippen molar-refractivity contribution in [1.82, 2.24) is 4.31 Å². The highest BCUT2D eigenvalue weighted by Gasteiger charge is 2.34. The summed E-state index contributed by atoms with van der Waals surface area (Å²) in [6.07, 6.45) is 1.26. The van der Waals surface area contributed by atoms with E-state index in [1.54, 1.807) is 19.1 Å². The van der Waals surface area contributed by atoms with Gasteiger partial charge in [-0.1, -0.05) is 27.5 Å². The fourth-order valence-electron chi connectivity index (χ4n) is 2.44. The second-order valence-electron chi connectivity index (χ2n) is 5.03. The van der Waals surface area contributed by atoms with Crippen molar-refractivity contribution in [1.29, 1.82) is 0 Å². The molecule has 0 spiro atoms. The number of piperidine rings is 1. The van der Waals surface area contributed by atoms with Crippen LogP contribution in [0.15, 0.2) is 27.6 Å². The molecule has 122 valence electrons. The van der Waals surface area contributed by atoms with Gasteiger partial charge in [-0.05, 0) is 38.0 Å². The number of ether oxygens (including phenoxy) is 1. The van der Waals surface area contributed by atoms with E-state index in [0.29, 0.717) is 30.5 Å². The van der Waals surface area contributed by atoms with Crippen molar-refractivity contribution in [3.63, 3.8) is 0 Å². The molecular weight excluding hydrogens is 394 g/mol. The Kier molecular flexibility index (Phi) is 5.87. The highest BCUT2D eigenvalue weighted by molar-refractivity contribution is 9.10. The van der Waals surface area contributed by atoms with Crippen molar-refractivity contribution in [2.24, 2.45) is 5.92 Å². The third-order valence-corrected chi connectivity index (χ3v) is 6.36. The fraction of sp³-hybridized carbons (Fsp3) is 0.500. The Morgan fingerprint density at radius 3 is 2.86 bits per heavy atom. The molecule has 0 bridgehead atoms. The summed E-state index contributed by atoms with van der Waals surface area (Å²) in [4.78, 5) is 11.9. The predicted molar refractivity (Wildman–Crippen MR) is 87.3 cm³/mol. The lowest BCUT2D eigenvalue weighted by Gasteiger charge is -2.30. The number of sulfonamides is 1. The largest absolute Gasteiger partial charge is 0.466 e. The first-order valence-corrected chi connectivity index (χ1v) is 9.59. The van der Waals surface area contributed by atoms with Crippen LogP contribution in [-0.2, 0) is 19.6 Å². The van der Waals surface area contributed by atoms with Crippen molar-refractivity contribution in [2.45, 2.75) is 24.7 Å². The van der Waals surface area contributed by atoms with Crippen LogP contribution in [0.4, 0.5) is 0 Å². The zero-order valence-electron chi connectivity index (χ0n) is 12.1. The van der Waals surface area contributed by atoms with Crippen LogP contribution in [-0.4, -0.2) is 38.4 Å². The van der Waals surface area contributed by atoms with Gasteiger partial charge in [0.15, 0.2) is 0 Å². The molecule has 0 N–H and O–H groups in total. The van der Waals surface area contributed by atoms with Crippen molar-refractivity contribution in [3.8, 4) is 0 Å². The molecule has 0 aliphatic carbocycles. The van der Waals surface area contributed by atoms with Gasteiger partial charge in [0.05, 0.1) is 17.5 Å². The van der Waals surface area contributed by atoms with E-state index < -0.39 is 15.9 Å². The van der Waals surface area contributed by atoms with Crippen molar-refractivity contribution < 1.29 is 17.9 Å². The minimum Gasteiger partial charge on any atom is -0.466 e.